The Morgan fingerprint density at radius 2 is 1.62 bits per heavy atom. The molecule has 0 fully saturated rings. The fourth-order valence-electron chi connectivity index (χ4n) is 3.51. The Morgan fingerprint density at radius 1 is 1.00 bits per heavy atom. The Balaban J connectivity index is 2.36. The van der Waals surface area contributed by atoms with Crippen LogP contribution in [0.15, 0.2) is 55.1 Å². The van der Waals surface area contributed by atoms with Gasteiger partial charge >= 0.3 is 0 Å². The summed E-state index contributed by atoms with van der Waals surface area (Å²) in [6.07, 6.45) is 0.264. The molecule has 0 aromatic heterocycles. The Hall–Kier alpha value is -1.43. The van der Waals surface area contributed by atoms with Crippen molar-refractivity contribution in [1.29, 1.82) is 0 Å². The molecule has 139 valence electrons. The maximum atomic E-state index is 6.52. The highest BCUT2D eigenvalue weighted by molar-refractivity contribution is 6.86. The Kier molecular flexibility index (Phi) is 7.21. The van der Waals surface area contributed by atoms with Crippen LogP contribution in [0.4, 0.5) is 0 Å². The first-order chi connectivity index (χ1) is 12.3. The quantitative estimate of drug-likeness (QED) is 0.562. The lowest BCUT2D eigenvalue weighted by molar-refractivity contribution is 0.232. The van der Waals surface area contributed by atoms with Gasteiger partial charge in [0.25, 0.3) is 0 Å². The van der Waals surface area contributed by atoms with Crippen molar-refractivity contribution in [2.45, 2.75) is 59.0 Å². The summed E-state index contributed by atoms with van der Waals surface area (Å²) in [4.78, 5) is 0. The van der Waals surface area contributed by atoms with Gasteiger partial charge in [0, 0.05) is 6.10 Å². The van der Waals surface area contributed by atoms with Gasteiger partial charge in [0.05, 0.1) is 8.80 Å². The largest absolute Gasteiger partial charge is 0.410 e. The van der Waals surface area contributed by atoms with Crippen LogP contribution in [0.3, 0.4) is 0 Å². The van der Waals surface area contributed by atoms with E-state index in [2.05, 4.69) is 95.9 Å². The first kappa shape index (κ1) is 20.9. The molecule has 26 heavy (non-hydrogen) atoms. The van der Waals surface area contributed by atoms with E-state index in [1.54, 1.807) is 0 Å². The molecular formula is C23H33OSi2. The van der Waals surface area contributed by atoms with Crippen LogP contribution >= 0.6 is 0 Å². The van der Waals surface area contributed by atoms with E-state index < -0.39 is 17.1 Å². The zero-order valence-corrected chi connectivity index (χ0v) is 19.2. The third-order valence-electron chi connectivity index (χ3n) is 5.15. The molecule has 0 amide bonds. The lowest BCUT2D eigenvalue weighted by atomic mass is 10.00. The molecule has 3 heteroatoms. The summed E-state index contributed by atoms with van der Waals surface area (Å²) in [5.74, 6) is 0. The van der Waals surface area contributed by atoms with E-state index in [-0.39, 0.29) is 6.10 Å². The molecule has 0 bridgehead atoms. The van der Waals surface area contributed by atoms with E-state index in [9.17, 15) is 0 Å². The standard InChI is InChI=1S/C23H33OSi2/c1-8-26(9-2,24-18(3)4)23-12-10-11-21(17-23)19(5)20-13-15-22(16-14-20)25(6)7/h10-18H,5,8-9H2,1-4,6-7H3. The fraction of sp³-hybridized carbons (Fsp3) is 0.391. The van der Waals surface area contributed by atoms with E-state index >= 15 is 0 Å². The molecule has 0 N–H and O–H groups in total. The average Bonchev–Trinajstić information content (AvgIpc) is 2.65. The van der Waals surface area contributed by atoms with Crippen molar-refractivity contribution in [3.05, 3.63) is 66.2 Å². The molecule has 2 aromatic rings. The third kappa shape index (κ3) is 4.64. The molecule has 0 spiro atoms. The van der Waals surface area contributed by atoms with Crippen LogP contribution < -0.4 is 10.4 Å². The van der Waals surface area contributed by atoms with E-state index in [0.717, 1.165) is 17.7 Å². The zero-order valence-electron chi connectivity index (χ0n) is 17.2. The van der Waals surface area contributed by atoms with Gasteiger partial charge in [-0.05, 0) is 47.8 Å². The molecule has 0 aliphatic rings. The Labute approximate surface area is 162 Å². The van der Waals surface area contributed by atoms with E-state index in [1.165, 1.54) is 21.5 Å². The van der Waals surface area contributed by atoms with Gasteiger partial charge in [-0.25, -0.2) is 0 Å². The maximum Gasteiger partial charge on any atom is 0.224 e. The summed E-state index contributed by atoms with van der Waals surface area (Å²) in [5.41, 5.74) is 3.51. The van der Waals surface area contributed by atoms with Crippen LogP contribution in [0.25, 0.3) is 5.57 Å². The van der Waals surface area contributed by atoms with Crippen LogP contribution in [0.2, 0.25) is 25.2 Å². The molecule has 1 nitrogen and oxygen atoms in total. The van der Waals surface area contributed by atoms with Crippen molar-refractivity contribution in [3.63, 3.8) is 0 Å². The second-order valence-electron chi connectivity index (χ2n) is 7.50. The smallest absolute Gasteiger partial charge is 0.224 e. The molecule has 0 saturated heterocycles. The third-order valence-corrected chi connectivity index (χ3v) is 11.2. The number of benzene rings is 2. The van der Waals surface area contributed by atoms with Crippen molar-refractivity contribution in [2.75, 3.05) is 0 Å². The van der Waals surface area contributed by atoms with Crippen LogP contribution in [-0.4, -0.2) is 23.2 Å². The summed E-state index contributed by atoms with van der Waals surface area (Å²) >= 11 is 0. The highest BCUT2D eigenvalue weighted by Crippen LogP contribution is 2.24. The van der Waals surface area contributed by atoms with Gasteiger partial charge in [0.15, 0.2) is 0 Å². The Bertz CT molecular complexity index is 728. The van der Waals surface area contributed by atoms with Gasteiger partial charge in [-0.1, -0.05) is 87.2 Å². The predicted molar refractivity (Wildman–Crippen MR) is 121 cm³/mol. The summed E-state index contributed by atoms with van der Waals surface area (Å²) in [5, 5.41) is 2.85. The van der Waals surface area contributed by atoms with E-state index in [0.29, 0.717) is 0 Å². The molecule has 0 unspecified atom stereocenters. The van der Waals surface area contributed by atoms with Crippen molar-refractivity contribution < 1.29 is 4.43 Å². The second-order valence-corrected chi connectivity index (χ2v) is 14.3. The predicted octanol–water partition coefficient (Wildman–Crippen LogP) is 5.33. The first-order valence-electron chi connectivity index (χ1n) is 9.71. The highest BCUT2D eigenvalue weighted by Gasteiger charge is 2.34. The van der Waals surface area contributed by atoms with Crippen molar-refractivity contribution >= 4 is 33.1 Å². The minimum absolute atomic E-state index is 0.264. The minimum Gasteiger partial charge on any atom is -0.410 e. The number of hydrogen-bond donors (Lipinski definition) is 0. The number of rotatable bonds is 8. The van der Waals surface area contributed by atoms with E-state index in [1.807, 2.05) is 0 Å². The molecule has 0 atom stereocenters. The lowest BCUT2D eigenvalue weighted by Gasteiger charge is -2.32. The lowest BCUT2D eigenvalue weighted by Crippen LogP contribution is -2.51. The van der Waals surface area contributed by atoms with Crippen LogP contribution in [0.5, 0.6) is 0 Å². The summed E-state index contributed by atoms with van der Waals surface area (Å²) in [7, 11) is -2.32. The SMILES string of the molecule is C=C(c1ccc([Si](C)C)cc1)c1cccc([Si](CC)(CC)OC(C)C)c1. The number of hydrogen-bond acceptors (Lipinski definition) is 1. The van der Waals surface area contributed by atoms with Gasteiger partial charge < -0.3 is 4.43 Å². The van der Waals surface area contributed by atoms with Crippen LogP contribution in [-0.2, 0) is 4.43 Å². The van der Waals surface area contributed by atoms with Gasteiger partial charge in [0.2, 0.25) is 8.32 Å². The van der Waals surface area contributed by atoms with Crippen molar-refractivity contribution in [3.8, 4) is 0 Å². The highest BCUT2D eigenvalue weighted by atomic mass is 28.4. The molecular weight excluding hydrogens is 348 g/mol. The van der Waals surface area contributed by atoms with Gasteiger partial charge in [-0.15, -0.1) is 0 Å². The molecule has 1 radical (unpaired) electrons. The van der Waals surface area contributed by atoms with Crippen molar-refractivity contribution in [2.24, 2.45) is 0 Å². The Morgan fingerprint density at radius 3 is 2.12 bits per heavy atom. The summed E-state index contributed by atoms with van der Waals surface area (Å²) in [6, 6.07) is 20.1. The first-order valence-corrected chi connectivity index (χ1v) is 14.5. The fourth-order valence-corrected chi connectivity index (χ4v) is 7.85. The monoisotopic (exact) mass is 381 g/mol. The van der Waals surface area contributed by atoms with Gasteiger partial charge in [0.1, 0.15) is 0 Å². The average molecular weight is 382 g/mol. The normalized spacial score (nSPS) is 12.0. The summed E-state index contributed by atoms with van der Waals surface area (Å²) in [6.45, 7) is 17.9. The molecule has 2 aromatic carbocycles. The zero-order chi connectivity index (χ0) is 19.3. The summed E-state index contributed by atoms with van der Waals surface area (Å²) < 4.78 is 6.52. The van der Waals surface area contributed by atoms with Crippen LogP contribution in [0, 0.1) is 0 Å². The molecule has 0 aliphatic carbocycles. The molecule has 2 rings (SSSR count). The van der Waals surface area contributed by atoms with Gasteiger partial charge in [-0.3, -0.25) is 0 Å². The topological polar surface area (TPSA) is 9.23 Å². The minimum atomic E-state index is -1.92. The van der Waals surface area contributed by atoms with E-state index in [4.69, 9.17) is 4.43 Å². The molecule has 0 heterocycles. The van der Waals surface area contributed by atoms with Crippen molar-refractivity contribution in [1.82, 2.24) is 0 Å². The maximum absolute atomic E-state index is 6.52. The van der Waals surface area contributed by atoms with Gasteiger partial charge in [-0.2, -0.15) is 0 Å². The molecule has 0 aliphatic heterocycles. The van der Waals surface area contributed by atoms with Crippen LogP contribution in [0.1, 0.15) is 38.8 Å². The second kappa shape index (κ2) is 8.98. The molecule has 0 saturated carbocycles.